The first-order valence-corrected chi connectivity index (χ1v) is 9.15. The van der Waals surface area contributed by atoms with Gasteiger partial charge in [0.25, 0.3) is 0 Å². The Kier molecular flexibility index (Phi) is 3.92. The van der Waals surface area contributed by atoms with Crippen LogP contribution in [-0.2, 0) is 10.0 Å². The van der Waals surface area contributed by atoms with Crippen molar-refractivity contribution < 1.29 is 8.42 Å². The second kappa shape index (κ2) is 5.57. The lowest BCUT2D eigenvalue weighted by molar-refractivity contribution is 0.102. The van der Waals surface area contributed by atoms with Crippen LogP contribution in [0.5, 0.6) is 0 Å². The molecule has 2 aliphatic rings. The molecule has 0 aromatic carbocycles. The molecule has 0 amide bonds. The Morgan fingerprint density at radius 3 is 2.33 bits per heavy atom. The number of hydrogen-bond donors (Lipinski definition) is 1. The molecule has 1 saturated carbocycles. The molecule has 0 radical (unpaired) electrons. The normalized spacial score (nSPS) is 23.2. The third-order valence-corrected chi connectivity index (χ3v) is 7.02. The van der Waals surface area contributed by atoms with Crippen LogP contribution in [0, 0.1) is 5.41 Å². The van der Waals surface area contributed by atoms with Gasteiger partial charge in [-0.05, 0) is 31.1 Å². The van der Waals surface area contributed by atoms with E-state index in [0.717, 1.165) is 12.8 Å². The van der Waals surface area contributed by atoms with Crippen LogP contribution in [0.4, 0.5) is 0 Å². The standard InChI is InChI=1S/C15H22N2O3S/c18-13-4-9-16-12-14(13)21(19,20)17-10-7-15(8-11-17)5-2-1-3-6-15/h4,9,12H,1-3,5-8,10-11H2,(H,16,18). The van der Waals surface area contributed by atoms with E-state index in [1.807, 2.05) is 0 Å². The summed E-state index contributed by atoms with van der Waals surface area (Å²) < 4.78 is 26.7. The Hall–Kier alpha value is -1.14. The maximum absolute atomic E-state index is 12.6. The molecule has 3 rings (SSSR count). The molecule has 1 aliphatic carbocycles. The molecular formula is C15H22N2O3S. The highest BCUT2D eigenvalue weighted by atomic mass is 32.2. The Morgan fingerprint density at radius 2 is 1.71 bits per heavy atom. The van der Waals surface area contributed by atoms with Crippen molar-refractivity contribution in [2.24, 2.45) is 5.41 Å². The van der Waals surface area contributed by atoms with Crippen molar-refractivity contribution in [2.45, 2.75) is 49.8 Å². The van der Waals surface area contributed by atoms with Crippen LogP contribution in [-0.4, -0.2) is 30.8 Å². The third kappa shape index (κ3) is 2.79. The molecule has 2 fully saturated rings. The fourth-order valence-electron chi connectivity index (χ4n) is 3.74. The minimum Gasteiger partial charge on any atom is -0.366 e. The molecule has 1 saturated heterocycles. The van der Waals surface area contributed by atoms with Crippen LogP contribution in [0.2, 0.25) is 0 Å². The smallest absolute Gasteiger partial charge is 0.248 e. The summed E-state index contributed by atoms with van der Waals surface area (Å²) in [6.45, 7) is 1.08. The van der Waals surface area contributed by atoms with Crippen LogP contribution in [0.15, 0.2) is 28.2 Å². The zero-order valence-electron chi connectivity index (χ0n) is 12.2. The van der Waals surface area contributed by atoms with E-state index in [-0.39, 0.29) is 4.90 Å². The van der Waals surface area contributed by atoms with E-state index < -0.39 is 15.5 Å². The van der Waals surface area contributed by atoms with Crippen LogP contribution in [0.3, 0.4) is 0 Å². The number of sulfonamides is 1. The molecule has 116 valence electrons. The van der Waals surface area contributed by atoms with Crippen molar-refractivity contribution in [1.29, 1.82) is 0 Å². The van der Waals surface area contributed by atoms with Crippen molar-refractivity contribution in [3.05, 3.63) is 28.7 Å². The van der Waals surface area contributed by atoms with Gasteiger partial charge in [-0.15, -0.1) is 0 Å². The molecule has 1 aromatic rings. The third-order valence-electron chi connectivity index (χ3n) is 5.10. The predicted molar refractivity (Wildman–Crippen MR) is 80.6 cm³/mol. The fraction of sp³-hybridized carbons (Fsp3) is 0.667. The minimum atomic E-state index is -3.66. The van der Waals surface area contributed by atoms with E-state index in [1.54, 1.807) is 0 Å². The summed E-state index contributed by atoms with van der Waals surface area (Å²) in [6.07, 6.45) is 10.9. The number of aromatic amines is 1. The molecule has 0 atom stereocenters. The van der Waals surface area contributed by atoms with Gasteiger partial charge in [0.2, 0.25) is 15.5 Å². The van der Waals surface area contributed by atoms with Gasteiger partial charge in [0.15, 0.2) is 0 Å². The Labute approximate surface area is 125 Å². The number of pyridine rings is 1. The molecule has 2 heterocycles. The van der Waals surface area contributed by atoms with Crippen molar-refractivity contribution >= 4 is 10.0 Å². The molecule has 1 N–H and O–H groups in total. The van der Waals surface area contributed by atoms with Crippen molar-refractivity contribution in [1.82, 2.24) is 9.29 Å². The molecule has 1 aromatic heterocycles. The first-order valence-electron chi connectivity index (χ1n) is 7.71. The second-order valence-electron chi connectivity index (χ2n) is 6.34. The molecular weight excluding hydrogens is 288 g/mol. The topological polar surface area (TPSA) is 70.2 Å². The van der Waals surface area contributed by atoms with Gasteiger partial charge >= 0.3 is 0 Å². The van der Waals surface area contributed by atoms with Crippen molar-refractivity contribution in [3.63, 3.8) is 0 Å². The highest BCUT2D eigenvalue weighted by molar-refractivity contribution is 7.89. The summed E-state index contributed by atoms with van der Waals surface area (Å²) in [5.74, 6) is 0. The summed E-state index contributed by atoms with van der Waals surface area (Å²) in [7, 11) is -3.66. The summed E-state index contributed by atoms with van der Waals surface area (Å²) >= 11 is 0. The SMILES string of the molecule is O=c1cc[nH]cc1S(=O)(=O)N1CCC2(CCCCC2)CC1. The van der Waals surface area contributed by atoms with E-state index in [2.05, 4.69) is 4.98 Å². The van der Waals surface area contributed by atoms with Gasteiger partial charge < -0.3 is 4.98 Å². The van der Waals surface area contributed by atoms with Crippen LogP contribution in [0.1, 0.15) is 44.9 Å². The zero-order chi connectivity index (χ0) is 14.9. The first-order chi connectivity index (χ1) is 10.0. The Balaban J connectivity index is 1.77. The number of piperidine rings is 1. The predicted octanol–water partition coefficient (Wildman–Crippen LogP) is 2.11. The second-order valence-corrected chi connectivity index (χ2v) is 8.24. The van der Waals surface area contributed by atoms with Gasteiger partial charge in [0, 0.05) is 31.5 Å². The van der Waals surface area contributed by atoms with Gasteiger partial charge in [-0.25, -0.2) is 8.42 Å². The van der Waals surface area contributed by atoms with Gasteiger partial charge in [0.1, 0.15) is 4.90 Å². The average molecular weight is 310 g/mol. The van der Waals surface area contributed by atoms with Crippen molar-refractivity contribution in [3.8, 4) is 0 Å². The summed E-state index contributed by atoms with van der Waals surface area (Å²) in [5.41, 5.74) is -0.0837. The molecule has 6 heteroatoms. The number of H-pyrrole nitrogens is 1. The van der Waals surface area contributed by atoms with E-state index in [9.17, 15) is 13.2 Å². The first kappa shape index (κ1) is 14.8. The summed E-state index contributed by atoms with van der Waals surface area (Å²) in [4.78, 5) is 14.3. The number of nitrogens with one attached hydrogen (secondary N) is 1. The lowest BCUT2D eigenvalue weighted by atomic mass is 9.68. The maximum Gasteiger partial charge on any atom is 0.248 e. The lowest BCUT2D eigenvalue weighted by Crippen LogP contribution is -2.44. The van der Waals surface area contributed by atoms with E-state index in [1.165, 1.54) is 54.9 Å². The molecule has 0 bridgehead atoms. The van der Waals surface area contributed by atoms with Crippen molar-refractivity contribution in [2.75, 3.05) is 13.1 Å². The molecule has 0 unspecified atom stereocenters. The number of aromatic nitrogens is 1. The zero-order valence-corrected chi connectivity index (χ0v) is 13.0. The number of nitrogens with zero attached hydrogens (tertiary/aromatic N) is 1. The number of hydrogen-bond acceptors (Lipinski definition) is 3. The monoisotopic (exact) mass is 310 g/mol. The Morgan fingerprint density at radius 1 is 1.05 bits per heavy atom. The Bertz CT molecular complexity index is 649. The van der Waals surface area contributed by atoms with Gasteiger partial charge in [-0.2, -0.15) is 4.31 Å². The fourth-order valence-corrected chi connectivity index (χ4v) is 5.22. The maximum atomic E-state index is 12.6. The highest BCUT2D eigenvalue weighted by Gasteiger charge is 2.39. The highest BCUT2D eigenvalue weighted by Crippen LogP contribution is 2.45. The van der Waals surface area contributed by atoms with Crippen LogP contribution in [0.25, 0.3) is 0 Å². The average Bonchev–Trinajstić information content (AvgIpc) is 2.49. The van der Waals surface area contributed by atoms with E-state index >= 15 is 0 Å². The van der Waals surface area contributed by atoms with Crippen LogP contribution < -0.4 is 5.43 Å². The molecule has 5 nitrogen and oxygen atoms in total. The van der Waals surface area contributed by atoms with Crippen LogP contribution >= 0.6 is 0 Å². The van der Waals surface area contributed by atoms with Gasteiger partial charge in [-0.1, -0.05) is 19.3 Å². The van der Waals surface area contributed by atoms with Gasteiger partial charge in [-0.3, -0.25) is 4.79 Å². The molecule has 21 heavy (non-hydrogen) atoms. The summed E-state index contributed by atoms with van der Waals surface area (Å²) in [5, 5.41) is 0. The summed E-state index contributed by atoms with van der Waals surface area (Å²) in [6, 6.07) is 1.26. The molecule has 1 aliphatic heterocycles. The largest absolute Gasteiger partial charge is 0.366 e. The molecule has 1 spiro atoms. The van der Waals surface area contributed by atoms with E-state index in [0.29, 0.717) is 18.5 Å². The van der Waals surface area contributed by atoms with E-state index in [4.69, 9.17) is 0 Å². The number of rotatable bonds is 2. The van der Waals surface area contributed by atoms with Gasteiger partial charge in [0.05, 0.1) is 0 Å². The lowest BCUT2D eigenvalue weighted by Gasteiger charge is -2.43. The minimum absolute atomic E-state index is 0.135. The quantitative estimate of drug-likeness (QED) is 0.909.